The first-order chi connectivity index (χ1) is 9.79. The molecular weight excluding hydrogens is 250 g/mol. The summed E-state index contributed by atoms with van der Waals surface area (Å²) in [6, 6.07) is 8.44. The third-order valence-corrected chi connectivity index (χ3v) is 3.19. The topological polar surface area (TPSA) is 30.5 Å². The van der Waals surface area contributed by atoms with E-state index < -0.39 is 0 Å². The third-order valence-electron chi connectivity index (χ3n) is 3.19. The van der Waals surface area contributed by atoms with E-state index in [0.717, 1.165) is 32.5 Å². The Hall–Kier alpha value is -0.900. The first-order valence-electron chi connectivity index (χ1n) is 7.75. The average Bonchev–Trinajstić information content (AvgIpc) is 2.46. The molecule has 1 rings (SSSR count). The molecule has 0 amide bonds. The Labute approximate surface area is 123 Å². The van der Waals surface area contributed by atoms with Crippen molar-refractivity contribution in [1.82, 2.24) is 5.32 Å². The van der Waals surface area contributed by atoms with Crippen LogP contribution < -0.4 is 5.32 Å². The summed E-state index contributed by atoms with van der Waals surface area (Å²) in [5.74, 6) is 0. The second-order valence-corrected chi connectivity index (χ2v) is 5.03. The number of hydrogen-bond acceptors (Lipinski definition) is 3. The van der Waals surface area contributed by atoms with Crippen LogP contribution in [0.1, 0.15) is 43.9 Å². The Morgan fingerprint density at radius 1 is 1.05 bits per heavy atom. The highest BCUT2D eigenvalue weighted by Gasteiger charge is 2.13. The van der Waals surface area contributed by atoms with Gasteiger partial charge in [-0.2, -0.15) is 0 Å². The van der Waals surface area contributed by atoms with Gasteiger partial charge in [0.25, 0.3) is 0 Å². The fourth-order valence-corrected chi connectivity index (χ4v) is 2.11. The minimum atomic E-state index is 0.105. The lowest BCUT2D eigenvalue weighted by Gasteiger charge is -2.21. The molecule has 3 heteroatoms. The van der Waals surface area contributed by atoms with Crippen molar-refractivity contribution in [2.45, 2.75) is 39.7 Å². The predicted molar refractivity (Wildman–Crippen MR) is 84.1 cm³/mol. The van der Waals surface area contributed by atoms with E-state index in [9.17, 15) is 0 Å². The highest BCUT2D eigenvalue weighted by molar-refractivity contribution is 5.28. The van der Waals surface area contributed by atoms with Crippen LogP contribution in [-0.2, 0) is 9.47 Å². The molecule has 114 valence electrons. The van der Waals surface area contributed by atoms with Crippen LogP contribution in [0.3, 0.4) is 0 Å². The number of ether oxygens (including phenoxy) is 2. The largest absolute Gasteiger partial charge is 0.379 e. The molecule has 0 bridgehead atoms. The zero-order valence-electron chi connectivity index (χ0n) is 13.2. The summed E-state index contributed by atoms with van der Waals surface area (Å²) in [4.78, 5) is 0. The fraction of sp³-hybridized carbons (Fsp3) is 0.647. The van der Waals surface area contributed by atoms with E-state index in [2.05, 4.69) is 50.4 Å². The minimum absolute atomic E-state index is 0.105. The van der Waals surface area contributed by atoms with Crippen molar-refractivity contribution in [3.05, 3.63) is 35.4 Å². The van der Waals surface area contributed by atoms with Gasteiger partial charge in [-0.15, -0.1) is 0 Å². The van der Waals surface area contributed by atoms with Gasteiger partial charge in [0.2, 0.25) is 0 Å². The number of nitrogens with one attached hydrogen (secondary N) is 1. The molecule has 0 fully saturated rings. The quantitative estimate of drug-likeness (QED) is 0.629. The lowest BCUT2D eigenvalue weighted by Crippen LogP contribution is -2.25. The molecule has 0 aromatic heterocycles. The lowest BCUT2D eigenvalue weighted by molar-refractivity contribution is 0.00409. The van der Waals surface area contributed by atoms with E-state index in [-0.39, 0.29) is 6.10 Å². The molecule has 1 atom stereocenters. The summed E-state index contributed by atoms with van der Waals surface area (Å²) in [5.41, 5.74) is 2.55. The highest BCUT2D eigenvalue weighted by Crippen LogP contribution is 2.20. The van der Waals surface area contributed by atoms with Gasteiger partial charge in [-0.1, -0.05) is 38.1 Å². The summed E-state index contributed by atoms with van der Waals surface area (Å²) in [6.07, 6.45) is 2.30. The monoisotopic (exact) mass is 279 g/mol. The number of hydrogen-bond donors (Lipinski definition) is 1. The normalized spacial score (nSPS) is 12.6. The summed E-state index contributed by atoms with van der Waals surface area (Å²) in [6.45, 7) is 10.4. The van der Waals surface area contributed by atoms with E-state index in [0.29, 0.717) is 13.2 Å². The molecule has 0 radical (unpaired) electrons. The van der Waals surface area contributed by atoms with Crippen molar-refractivity contribution in [2.24, 2.45) is 0 Å². The van der Waals surface area contributed by atoms with Crippen LogP contribution in [-0.4, -0.2) is 32.9 Å². The molecule has 20 heavy (non-hydrogen) atoms. The maximum absolute atomic E-state index is 6.01. The smallest absolute Gasteiger partial charge is 0.0952 e. The summed E-state index contributed by atoms with van der Waals surface area (Å²) in [7, 11) is 0. The molecule has 3 nitrogen and oxygen atoms in total. The van der Waals surface area contributed by atoms with Crippen molar-refractivity contribution in [2.75, 3.05) is 32.9 Å². The molecule has 0 saturated heterocycles. The first kappa shape index (κ1) is 17.2. The molecule has 0 heterocycles. The molecule has 1 aromatic carbocycles. The van der Waals surface area contributed by atoms with E-state index in [1.165, 1.54) is 11.1 Å². The number of benzene rings is 1. The van der Waals surface area contributed by atoms with Gasteiger partial charge in [-0.25, -0.2) is 0 Å². The van der Waals surface area contributed by atoms with Crippen LogP contribution in [0.5, 0.6) is 0 Å². The van der Waals surface area contributed by atoms with Crippen LogP contribution in [0.2, 0.25) is 0 Å². The Morgan fingerprint density at radius 2 is 1.85 bits per heavy atom. The Bertz CT molecular complexity index is 355. The van der Waals surface area contributed by atoms with Crippen LogP contribution in [0.15, 0.2) is 24.3 Å². The summed E-state index contributed by atoms with van der Waals surface area (Å²) >= 11 is 0. The summed E-state index contributed by atoms with van der Waals surface area (Å²) < 4.78 is 11.5. The standard InChI is InChI=1S/C17H29NO2/c1-4-10-18-14-17(20-13-12-19-11-5-2)16-9-7-6-8-15(16)3/h6-9,17-18H,4-5,10-14H2,1-3H3. The SMILES string of the molecule is CCCNCC(OCCOCCC)c1ccccc1C. The second kappa shape index (κ2) is 10.8. The molecule has 0 aliphatic carbocycles. The van der Waals surface area contributed by atoms with Crippen LogP contribution in [0.4, 0.5) is 0 Å². The van der Waals surface area contributed by atoms with Gasteiger partial charge in [0.15, 0.2) is 0 Å². The molecule has 1 unspecified atom stereocenters. The zero-order valence-corrected chi connectivity index (χ0v) is 13.2. The maximum Gasteiger partial charge on any atom is 0.0952 e. The van der Waals surface area contributed by atoms with Gasteiger partial charge < -0.3 is 14.8 Å². The minimum Gasteiger partial charge on any atom is -0.379 e. The molecular formula is C17H29NO2. The van der Waals surface area contributed by atoms with E-state index in [1.807, 2.05) is 0 Å². The molecule has 0 spiro atoms. The van der Waals surface area contributed by atoms with Crippen molar-refractivity contribution in [3.8, 4) is 0 Å². The van der Waals surface area contributed by atoms with E-state index in [1.54, 1.807) is 0 Å². The van der Waals surface area contributed by atoms with Crippen molar-refractivity contribution >= 4 is 0 Å². The molecule has 0 aliphatic heterocycles. The van der Waals surface area contributed by atoms with Crippen molar-refractivity contribution < 1.29 is 9.47 Å². The van der Waals surface area contributed by atoms with Gasteiger partial charge in [-0.3, -0.25) is 0 Å². The number of rotatable bonds is 11. The van der Waals surface area contributed by atoms with Gasteiger partial charge in [0.05, 0.1) is 19.3 Å². The number of aryl methyl sites for hydroxylation is 1. The molecule has 1 aromatic rings. The van der Waals surface area contributed by atoms with Gasteiger partial charge in [0, 0.05) is 13.2 Å². The predicted octanol–water partition coefficient (Wildman–Crippen LogP) is 3.48. The van der Waals surface area contributed by atoms with Crippen molar-refractivity contribution in [3.63, 3.8) is 0 Å². The third kappa shape index (κ3) is 6.51. The molecule has 0 saturated carbocycles. The van der Waals surface area contributed by atoms with Gasteiger partial charge in [-0.05, 0) is 37.4 Å². The van der Waals surface area contributed by atoms with Crippen LogP contribution >= 0.6 is 0 Å². The Kier molecular flexibility index (Phi) is 9.29. The lowest BCUT2D eigenvalue weighted by atomic mass is 10.0. The first-order valence-corrected chi connectivity index (χ1v) is 7.75. The fourth-order valence-electron chi connectivity index (χ4n) is 2.11. The van der Waals surface area contributed by atoms with Gasteiger partial charge in [0.1, 0.15) is 0 Å². The van der Waals surface area contributed by atoms with Gasteiger partial charge >= 0.3 is 0 Å². The van der Waals surface area contributed by atoms with Crippen LogP contribution in [0.25, 0.3) is 0 Å². The highest BCUT2D eigenvalue weighted by atomic mass is 16.5. The molecule has 0 aliphatic rings. The Morgan fingerprint density at radius 3 is 2.55 bits per heavy atom. The van der Waals surface area contributed by atoms with Crippen molar-refractivity contribution in [1.29, 1.82) is 0 Å². The summed E-state index contributed by atoms with van der Waals surface area (Å²) in [5, 5.41) is 3.45. The average molecular weight is 279 g/mol. The zero-order chi connectivity index (χ0) is 14.6. The second-order valence-electron chi connectivity index (χ2n) is 5.03. The van der Waals surface area contributed by atoms with E-state index >= 15 is 0 Å². The molecule has 1 N–H and O–H groups in total. The Balaban J connectivity index is 2.49. The van der Waals surface area contributed by atoms with Crippen LogP contribution in [0, 0.1) is 6.92 Å². The maximum atomic E-state index is 6.01. The van der Waals surface area contributed by atoms with E-state index in [4.69, 9.17) is 9.47 Å².